The maximum Gasteiger partial charge on any atom is 0.337 e. The lowest BCUT2D eigenvalue weighted by Crippen LogP contribution is -2.25. The number of rotatable bonds is 4. The van der Waals surface area contributed by atoms with Crippen LogP contribution in [0.1, 0.15) is 25.0 Å². The summed E-state index contributed by atoms with van der Waals surface area (Å²) in [6.07, 6.45) is -1.36. The molecule has 1 N–H and O–H groups in total. The van der Waals surface area contributed by atoms with E-state index in [4.69, 9.17) is 9.47 Å². The summed E-state index contributed by atoms with van der Waals surface area (Å²) in [5.74, 6) is -1.23. The van der Waals surface area contributed by atoms with Crippen LogP contribution in [-0.2, 0) is 19.1 Å². The van der Waals surface area contributed by atoms with E-state index in [0.29, 0.717) is 11.1 Å². The summed E-state index contributed by atoms with van der Waals surface area (Å²) in [5.41, 5.74) is 3.02. The maximum atomic E-state index is 12.6. The Morgan fingerprint density at radius 3 is 1.77 bits per heavy atom. The molecular formula is C21H18O5. The van der Waals surface area contributed by atoms with Crippen molar-refractivity contribution >= 4 is 33.9 Å². The van der Waals surface area contributed by atoms with Gasteiger partial charge in [-0.25, -0.2) is 9.59 Å². The minimum absolute atomic E-state index is 0.105. The zero-order valence-electron chi connectivity index (χ0n) is 14.5. The third kappa shape index (κ3) is 2.14. The first-order valence-corrected chi connectivity index (χ1v) is 8.63. The van der Waals surface area contributed by atoms with Gasteiger partial charge in [0.25, 0.3) is 0 Å². The molecule has 0 unspecified atom stereocenters. The summed E-state index contributed by atoms with van der Waals surface area (Å²) in [4.78, 5) is 25.2. The van der Waals surface area contributed by atoms with Gasteiger partial charge in [0.15, 0.2) is 0 Å². The Balaban J connectivity index is 2.05. The highest BCUT2D eigenvalue weighted by Gasteiger charge is 2.45. The van der Waals surface area contributed by atoms with Crippen molar-refractivity contribution in [1.82, 2.24) is 0 Å². The van der Waals surface area contributed by atoms with Crippen LogP contribution in [0.4, 0.5) is 0 Å². The maximum absolute atomic E-state index is 12.6. The van der Waals surface area contributed by atoms with Crippen LogP contribution in [0.3, 0.4) is 0 Å². The standard InChI is InChI=1S/C21H18O5/c1-3-25-20(23)17-15-12-9-5-7-11-8-6-10-13(14(11)12)16(15)18(19(17)22)21(24)26-4-2/h5-10,19,22H,3-4H2,1-2H3. The molecule has 132 valence electrons. The number of aliphatic hydroxyl groups is 1. The van der Waals surface area contributed by atoms with Gasteiger partial charge in [-0.05, 0) is 35.7 Å². The van der Waals surface area contributed by atoms with E-state index in [2.05, 4.69) is 0 Å². The average Bonchev–Trinajstić information content (AvgIpc) is 3.10. The van der Waals surface area contributed by atoms with Gasteiger partial charge in [-0.2, -0.15) is 0 Å². The van der Waals surface area contributed by atoms with E-state index in [1.807, 2.05) is 36.4 Å². The van der Waals surface area contributed by atoms with Gasteiger partial charge in [0.05, 0.1) is 24.4 Å². The predicted octanol–water partition coefficient (Wildman–Crippen LogP) is 2.86. The molecule has 2 aromatic carbocycles. The fraction of sp³-hybridized carbons (Fsp3) is 0.238. The summed E-state index contributed by atoms with van der Waals surface area (Å²) >= 11 is 0. The summed E-state index contributed by atoms with van der Waals surface area (Å²) in [6.45, 7) is 3.78. The van der Waals surface area contributed by atoms with Crippen molar-refractivity contribution in [2.75, 3.05) is 13.2 Å². The Kier molecular flexibility index (Phi) is 3.89. The molecule has 0 fully saturated rings. The fourth-order valence-corrected chi connectivity index (χ4v) is 3.85. The number of hydrogen-bond acceptors (Lipinski definition) is 5. The smallest absolute Gasteiger partial charge is 0.337 e. The van der Waals surface area contributed by atoms with Gasteiger partial charge in [-0.1, -0.05) is 36.4 Å². The first kappa shape index (κ1) is 16.5. The number of hydrogen-bond donors (Lipinski definition) is 1. The number of carbonyl (C=O) groups excluding carboxylic acids is 2. The first-order chi connectivity index (χ1) is 12.6. The van der Waals surface area contributed by atoms with E-state index in [1.54, 1.807) is 13.8 Å². The molecular weight excluding hydrogens is 332 g/mol. The van der Waals surface area contributed by atoms with Crippen LogP contribution in [0.15, 0.2) is 47.5 Å². The summed E-state index contributed by atoms with van der Waals surface area (Å²) in [7, 11) is 0. The second-order valence-electron chi connectivity index (χ2n) is 6.13. The molecule has 0 radical (unpaired) electrons. The van der Waals surface area contributed by atoms with Gasteiger partial charge in [-0.15, -0.1) is 0 Å². The molecule has 4 rings (SSSR count). The lowest BCUT2D eigenvalue weighted by atomic mass is 9.99. The Bertz CT molecular complexity index is 935. The van der Waals surface area contributed by atoms with E-state index >= 15 is 0 Å². The number of ether oxygens (including phenoxy) is 2. The van der Waals surface area contributed by atoms with Crippen molar-refractivity contribution in [3.05, 3.63) is 58.7 Å². The van der Waals surface area contributed by atoms with E-state index in [-0.39, 0.29) is 24.4 Å². The average molecular weight is 350 g/mol. The molecule has 5 nitrogen and oxygen atoms in total. The third-order valence-electron chi connectivity index (χ3n) is 4.77. The van der Waals surface area contributed by atoms with Crippen molar-refractivity contribution in [2.45, 2.75) is 20.0 Å². The molecule has 0 atom stereocenters. The molecule has 0 aliphatic heterocycles. The minimum atomic E-state index is -1.36. The lowest BCUT2D eigenvalue weighted by Gasteiger charge is -2.13. The zero-order valence-corrected chi connectivity index (χ0v) is 14.5. The Morgan fingerprint density at radius 1 is 0.885 bits per heavy atom. The molecule has 0 saturated carbocycles. The molecule has 0 saturated heterocycles. The van der Waals surface area contributed by atoms with Crippen LogP contribution < -0.4 is 0 Å². The van der Waals surface area contributed by atoms with Crippen molar-refractivity contribution in [1.29, 1.82) is 0 Å². The molecule has 0 aromatic heterocycles. The molecule has 2 aromatic rings. The minimum Gasteiger partial charge on any atom is -0.463 e. The normalized spacial score (nSPS) is 15.7. The number of aliphatic hydroxyl groups excluding tert-OH is 1. The third-order valence-corrected chi connectivity index (χ3v) is 4.77. The zero-order chi connectivity index (χ0) is 18.4. The predicted molar refractivity (Wildman–Crippen MR) is 97.1 cm³/mol. The van der Waals surface area contributed by atoms with Crippen molar-refractivity contribution in [3.8, 4) is 0 Å². The molecule has 0 bridgehead atoms. The van der Waals surface area contributed by atoms with Crippen LogP contribution in [0.2, 0.25) is 0 Å². The highest BCUT2D eigenvalue weighted by molar-refractivity contribution is 6.32. The van der Waals surface area contributed by atoms with Gasteiger partial charge in [-0.3, -0.25) is 0 Å². The largest absolute Gasteiger partial charge is 0.463 e. The molecule has 5 heteroatoms. The van der Waals surface area contributed by atoms with Crippen LogP contribution in [0, 0.1) is 0 Å². The topological polar surface area (TPSA) is 72.8 Å². The first-order valence-electron chi connectivity index (χ1n) is 8.63. The van der Waals surface area contributed by atoms with E-state index in [0.717, 1.165) is 21.9 Å². The molecule has 0 amide bonds. The lowest BCUT2D eigenvalue weighted by molar-refractivity contribution is -0.140. The Hall–Kier alpha value is -2.92. The van der Waals surface area contributed by atoms with E-state index in [9.17, 15) is 14.7 Å². The molecule has 0 spiro atoms. The van der Waals surface area contributed by atoms with E-state index < -0.39 is 18.0 Å². The van der Waals surface area contributed by atoms with Crippen molar-refractivity contribution in [3.63, 3.8) is 0 Å². The number of esters is 2. The SMILES string of the molecule is CCOC(=O)C1=C2C(=C(C(=O)OCC)C1O)c1cccc3cccc2c13. The summed E-state index contributed by atoms with van der Waals surface area (Å²) in [6, 6.07) is 11.6. The monoisotopic (exact) mass is 350 g/mol. The van der Waals surface area contributed by atoms with Gasteiger partial charge in [0.1, 0.15) is 6.10 Å². The van der Waals surface area contributed by atoms with Crippen LogP contribution in [0.5, 0.6) is 0 Å². The highest BCUT2D eigenvalue weighted by atomic mass is 16.5. The van der Waals surface area contributed by atoms with Gasteiger partial charge < -0.3 is 14.6 Å². The number of benzene rings is 2. The van der Waals surface area contributed by atoms with Gasteiger partial charge in [0.2, 0.25) is 0 Å². The molecule has 2 aliphatic carbocycles. The highest BCUT2D eigenvalue weighted by Crippen LogP contribution is 2.53. The second kappa shape index (κ2) is 6.11. The molecule has 26 heavy (non-hydrogen) atoms. The van der Waals surface area contributed by atoms with Crippen molar-refractivity contribution in [2.24, 2.45) is 0 Å². The van der Waals surface area contributed by atoms with Gasteiger partial charge >= 0.3 is 11.9 Å². The number of carbonyl (C=O) groups is 2. The van der Waals surface area contributed by atoms with Crippen LogP contribution in [0.25, 0.3) is 21.9 Å². The Morgan fingerprint density at radius 2 is 1.35 bits per heavy atom. The quantitative estimate of drug-likeness (QED) is 0.859. The molecule has 0 heterocycles. The Labute approximate surface area is 150 Å². The number of fused-ring (bicyclic) bond motifs is 3. The van der Waals surface area contributed by atoms with Crippen molar-refractivity contribution < 1.29 is 24.2 Å². The second-order valence-corrected chi connectivity index (χ2v) is 6.13. The van der Waals surface area contributed by atoms with Crippen LogP contribution >= 0.6 is 0 Å². The van der Waals surface area contributed by atoms with E-state index in [1.165, 1.54) is 0 Å². The fourth-order valence-electron chi connectivity index (χ4n) is 3.85. The molecule has 2 aliphatic rings. The van der Waals surface area contributed by atoms with Gasteiger partial charge in [0, 0.05) is 11.1 Å². The summed E-state index contributed by atoms with van der Waals surface area (Å²) < 4.78 is 10.3. The van der Waals surface area contributed by atoms with Crippen LogP contribution in [-0.4, -0.2) is 36.4 Å². The number of allylic oxidation sites excluding steroid dienone is 2. The summed E-state index contributed by atoms with van der Waals surface area (Å²) in [5, 5.41) is 12.8.